The van der Waals surface area contributed by atoms with Gasteiger partial charge in [-0.1, -0.05) is 333 Å². The molecule has 11 nitrogen and oxygen atoms in total. The second kappa shape index (κ2) is 62.5. The molecule has 0 spiro atoms. The van der Waals surface area contributed by atoms with Gasteiger partial charge in [0.1, 0.15) is 36.6 Å². The number of rotatable bonds is 65. The summed E-state index contributed by atoms with van der Waals surface area (Å²) in [5, 5.41) is 76.5. The quantitative estimate of drug-likeness (QED) is 0.0215. The van der Waals surface area contributed by atoms with Crippen LogP contribution in [-0.2, 0) is 14.3 Å². The standard InChI is InChI=1S/C74H141NO10/c1-3-5-7-9-11-13-15-17-19-21-23-25-27-29-31-32-33-34-36-38-40-42-44-46-48-50-52-54-56-58-60-62-67(78)73(83)75-65(64-84-74-72(82)71(81)70(80)68(63-76)85-74)69(79)66(77)61-59-57-55-53-51-49-47-45-43-41-39-37-35-30-28-26-24-22-20-18-16-14-12-10-8-6-4-2/h37,39,45,47,53,55,65-72,74,76-82H,3-36,38,40-44,46,48-52,54,56-64H2,1-2H3,(H,75,83)/b39-37+,47-45+,55-53+. The summed E-state index contributed by atoms with van der Waals surface area (Å²) in [4.78, 5) is 13.3. The smallest absolute Gasteiger partial charge is 0.249 e. The number of allylic oxidation sites excluding steroid dienone is 6. The number of ether oxygens (including phenoxy) is 2. The third kappa shape index (κ3) is 49.8. The van der Waals surface area contributed by atoms with E-state index in [1.165, 1.54) is 270 Å². The highest BCUT2D eigenvalue weighted by atomic mass is 16.7. The second-order valence-corrected chi connectivity index (χ2v) is 26.0. The van der Waals surface area contributed by atoms with Crippen molar-refractivity contribution in [3.8, 4) is 0 Å². The number of hydrogen-bond acceptors (Lipinski definition) is 10. The minimum absolute atomic E-state index is 0.243. The van der Waals surface area contributed by atoms with Crippen molar-refractivity contribution in [3.63, 3.8) is 0 Å². The number of amides is 1. The molecule has 1 aliphatic rings. The van der Waals surface area contributed by atoms with Crippen LogP contribution in [0.15, 0.2) is 36.5 Å². The highest BCUT2D eigenvalue weighted by molar-refractivity contribution is 5.80. The molecule has 9 unspecified atom stereocenters. The molecule has 1 amide bonds. The van der Waals surface area contributed by atoms with E-state index in [1.54, 1.807) is 0 Å². The molecule has 0 aromatic rings. The molecule has 1 heterocycles. The van der Waals surface area contributed by atoms with E-state index < -0.39 is 74.2 Å². The fourth-order valence-electron chi connectivity index (χ4n) is 12.0. The van der Waals surface area contributed by atoms with Gasteiger partial charge in [-0.05, 0) is 64.2 Å². The zero-order valence-corrected chi connectivity index (χ0v) is 55.6. The highest BCUT2D eigenvalue weighted by Gasteiger charge is 2.44. The molecular formula is C74H141NO10. The van der Waals surface area contributed by atoms with Gasteiger partial charge < -0.3 is 50.5 Å². The molecule has 8 N–H and O–H groups in total. The van der Waals surface area contributed by atoms with Gasteiger partial charge in [0.25, 0.3) is 0 Å². The summed E-state index contributed by atoms with van der Waals surface area (Å²) in [5.74, 6) is -0.705. The monoisotopic (exact) mass is 1200 g/mol. The maximum absolute atomic E-state index is 13.3. The van der Waals surface area contributed by atoms with Gasteiger partial charge in [0, 0.05) is 0 Å². The molecule has 1 fully saturated rings. The average molecular weight is 1200 g/mol. The van der Waals surface area contributed by atoms with Crippen LogP contribution in [0.4, 0.5) is 0 Å². The number of carbonyl (C=O) groups is 1. The van der Waals surface area contributed by atoms with Crippen molar-refractivity contribution >= 4 is 5.91 Å². The van der Waals surface area contributed by atoms with E-state index in [-0.39, 0.29) is 12.8 Å². The Kier molecular flexibility index (Phi) is 59.8. The fraction of sp³-hybridized carbons (Fsp3) is 0.905. The fourth-order valence-corrected chi connectivity index (χ4v) is 12.0. The molecule has 9 atom stereocenters. The Labute approximate surface area is 524 Å². The van der Waals surface area contributed by atoms with E-state index >= 15 is 0 Å². The predicted octanol–water partition coefficient (Wildman–Crippen LogP) is 18.1. The Balaban J connectivity index is 2.20. The zero-order valence-electron chi connectivity index (χ0n) is 55.6. The first-order valence-electron chi connectivity index (χ1n) is 36.9. The summed E-state index contributed by atoms with van der Waals surface area (Å²) in [6.45, 7) is 3.50. The van der Waals surface area contributed by atoms with Crippen molar-refractivity contribution in [2.75, 3.05) is 13.2 Å². The summed E-state index contributed by atoms with van der Waals surface area (Å²) in [5.41, 5.74) is 0. The first-order valence-corrected chi connectivity index (χ1v) is 36.9. The van der Waals surface area contributed by atoms with Gasteiger partial charge in [0.05, 0.1) is 25.4 Å². The van der Waals surface area contributed by atoms with Gasteiger partial charge >= 0.3 is 0 Å². The highest BCUT2D eigenvalue weighted by Crippen LogP contribution is 2.24. The van der Waals surface area contributed by atoms with Crippen molar-refractivity contribution in [1.29, 1.82) is 0 Å². The van der Waals surface area contributed by atoms with Crippen LogP contribution in [0.25, 0.3) is 0 Å². The van der Waals surface area contributed by atoms with Crippen molar-refractivity contribution in [2.45, 2.75) is 416 Å². The van der Waals surface area contributed by atoms with Gasteiger partial charge in [0.2, 0.25) is 5.91 Å². The van der Waals surface area contributed by atoms with E-state index in [4.69, 9.17) is 9.47 Å². The Morgan fingerprint density at radius 2 is 0.706 bits per heavy atom. The molecule has 0 bridgehead atoms. The van der Waals surface area contributed by atoms with Crippen molar-refractivity contribution in [3.05, 3.63) is 36.5 Å². The lowest BCUT2D eigenvalue weighted by Crippen LogP contribution is -2.60. The Morgan fingerprint density at radius 3 is 1.05 bits per heavy atom. The lowest BCUT2D eigenvalue weighted by molar-refractivity contribution is -0.303. The molecule has 0 radical (unpaired) electrons. The average Bonchev–Trinajstić information content (AvgIpc) is 3.71. The molecule has 1 rings (SSSR count). The zero-order chi connectivity index (χ0) is 61.7. The molecule has 0 aliphatic carbocycles. The maximum atomic E-state index is 13.3. The molecule has 0 aromatic carbocycles. The summed E-state index contributed by atoms with van der Waals surface area (Å²) in [7, 11) is 0. The Morgan fingerprint density at radius 1 is 0.400 bits per heavy atom. The van der Waals surface area contributed by atoms with Crippen LogP contribution in [0.3, 0.4) is 0 Å². The normalized spacial score (nSPS) is 19.0. The van der Waals surface area contributed by atoms with E-state index in [0.717, 1.165) is 44.9 Å². The Hall–Kier alpha value is -1.67. The SMILES string of the molecule is CCCCCCCCCCCCCCCC/C=C/CC/C=C/CC/C=C/CCCC(O)C(O)C(COC1OC(CO)C(O)C(O)C1O)NC(=O)C(O)CCCCCCCCCCCCCCCCCCCCCCCCCCCCCCCCC. The molecule has 1 saturated heterocycles. The molecule has 11 heteroatoms. The topological polar surface area (TPSA) is 189 Å². The number of carbonyl (C=O) groups excluding carboxylic acids is 1. The predicted molar refractivity (Wildman–Crippen MR) is 358 cm³/mol. The van der Waals surface area contributed by atoms with E-state index in [2.05, 4.69) is 55.6 Å². The molecule has 502 valence electrons. The third-order valence-corrected chi connectivity index (χ3v) is 17.9. The largest absolute Gasteiger partial charge is 0.394 e. The lowest BCUT2D eigenvalue weighted by atomic mass is 9.98. The number of aliphatic hydroxyl groups is 7. The van der Waals surface area contributed by atoms with Crippen LogP contribution < -0.4 is 5.32 Å². The maximum Gasteiger partial charge on any atom is 0.249 e. The van der Waals surface area contributed by atoms with E-state index in [0.29, 0.717) is 19.3 Å². The first-order chi connectivity index (χ1) is 41.7. The first kappa shape index (κ1) is 81.3. The minimum atomic E-state index is -1.67. The van der Waals surface area contributed by atoms with Gasteiger partial charge in [-0.2, -0.15) is 0 Å². The summed E-state index contributed by atoms with van der Waals surface area (Å²) >= 11 is 0. The van der Waals surface area contributed by atoms with Crippen LogP contribution in [-0.4, -0.2) is 110 Å². The van der Waals surface area contributed by atoms with Gasteiger partial charge in [-0.3, -0.25) is 4.79 Å². The van der Waals surface area contributed by atoms with Crippen molar-refractivity contribution in [1.82, 2.24) is 5.32 Å². The lowest BCUT2D eigenvalue weighted by Gasteiger charge is -2.40. The number of unbranched alkanes of at least 4 members (excludes halogenated alkanes) is 47. The molecule has 0 aromatic heterocycles. The van der Waals surface area contributed by atoms with Crippen molar-refractivity contribution in [2.24, 2.45) is 0 Å². The third-order valence-electron chi connectivity index (χ3n) is 17.9. The Bertz CT molecular complexity index is 1480. The van der Waals surface area contributed by atoms with Crippen LogP contribution in [0.2, 0.25) is 0 Å². The molecule has 1 aliphatic heterocycles. The number of nitrogens with one attached hydrogen (secondary N) is 1. The second-order valence-electron chi connectivity index (χ2n) is 26.0. The summed E-state index contributed by atoms with van der Waals surface area (Å²) < 4.78 is 11.2. The summed E-state index contributed by atoms with van der Waals surface area (Å²) in [6, 6.07) is -1.19. The van der Waals surface area contributed by atoms with E-state index in [1.807, 2.05) is 0 Å². The van der Waals surface area contributed by atoms with E-state index in [9.17, 15) is 40.5 Å². The van der Waals surface area contributed by atoms with Gasteiger partial charge in [0.15, 0.2) is 6.29 Å². The van der Waals surface area contributed by atoms with Crippen LogP contribution in [0.1, 0.15) is 361 Å². The summed E-state index contributed by atoms with van der Waals surface area (Å²) in [6.07, 6.45) is 69.6. The molecule has 0 saturated carbocycles. The van der Waals surface area contributed by atoms with Crippen LogP contribution in [0, 0.1) is 0 Å². The molecule has 85 heavy (non-hydrogen) atoms. The molecular weight excluding hydrogens is 1060 g/mol. The van der Waals surface area contributed by atoms with Crippen LogP contribution >= 0.6 is 0 Å². The minimum Gasteiger partial charge on any atom is -0.394 e. The number of hydrogen-bond donors (Lipinski definition) is 8. The van der Waals surface area contributed by atoms with Crippen LogP contribution in [0.5, 0.6) is 0 Å². The van der Waals surface area contributed by atoms with Gasteiger partial charge in [-0.25, -0.2) is 0 Å². The van der Waals surface area contributed by atoms with Gasteiger partial charge in [-0.15, -0.1) is 0 Å². The number of aliphatic hydroxyl groups excluding tert-OH is 7. The van der Waals surface area contributed by atoms with Crippen molar-refractivity contribution < 1.29 is 50.0 Å².